The van der Waals surface area contributed by atoms with E-state index in [0.29, 0.717) is 12.1 Å². The molecule has 1 rings (SSSR count). The molecule has 0 aliphatic heterocycles. The van der Waals surface area contributed by atoms with E-state index in [1.54, 1.807) is 7.05 Å². The molecular formula is C12H12BrNO. The molecule has 0 saturated carbocycles. The molecule has 3 heteroatoms. The topological polar surface area (TPSA) is 20.3 Å². The summed E-state index contributed by atoms with van der Waals surface area (Å²) in [5, 5.41) is 0.793. The Balaban J connectivity index is 2.79. The second-order valence-electron chi connectivity index (χ2n) is 3.20. The van der Waals surface area contributed by atoms with Gasteiger partial charge in [-0.25, -0.2) is 0 Å². The number of benzene rings is 1. The zero-order valence-electron chi connectivity index (χ0n) is 8.53. The van der Waals surface area contributed by atoms with E-state index in [2.05, 4.69) is 21.9 Å². The molecular weight excluding hydrogens is 254 g/mol. The Bertz CT molecular complexity index is 378. The Morgan fingerprint density at radius 2 is 2.07 bits per heavy atom. The van der Waals surface area contributed by atoms with Gasteiger partial charge in [0.15, 0.2) is 0 Å². The maximum absolute atomic E-state index is 11.8. The van der Waals surface area contributed by atoms with Gasteiger partial charge in [-0.3, -0.25) is 4.79 Å². The maximum Gasteiger partial charge on any atom is 0.254 e. The van der Waals surface area contributed by atoms with Gasteiger partial charge >= 0.3 is 0 Å². The number of hydrogen-bond acceptors (Lipinski definition) is 1. The third-order valence-electron chi connectivity index (χ3n) is 2.03. The van der Waals surface area contributed by atoms with Crippen molar-refractivity contribution in [2.75, 3.05) is 13.6 Å². The van der Waals surface area contributed by atoms with Crippen molar-refractivity contribution in [3.8, 4) is 12.3 Å². The second-order valence-corrected chi connectivity index (χ2v) is 3.76. The van der Waals surface area contributed by atoms with Crippen LogP contribution in [0.4, 0.5) is 0 Å². The first-order chi connectivity index (χ1) is 7.19. The number of alkyl halides is 1. The molecule has 0 atom stereocenters. The normalized spacial score (nSPS) is 9.40. The largest absolute Gasteiger partial charge is 0.331 e. The van der Waals surface area contributed by atoms with Crippen molar-refractivity contribution in [1.82, 2.24) is 4.90 Å². The highest BCUT2D eigenvalue weighted by Crippen LogP contribution is 2.09. The molecule has 2 nitrogen and oxygen atoms in total. The number of terminal acetylenes is 1. The fraction of sp³-hybridized carbons (Fsp3) is 0.250. The number of rotatable bonds is 3. The number of amides is 1. The predicted octanol–water partition coefficient (Wildman–Crippen LogP) is 2.29. The quantitative estimate of drug-likeness (QED) is 0.607. The van der Waals surface area contributed by atoms with Crippen molar-refractivity contribution in [1.29, 1.82) is 0 Å². The van der Waals surface area contributed by atoms with Gasteiger partial charge in [-0.15, -0.1) is 6.42 Å². The molecule has 0 fully saturated rings. The van der Waals surface area contributed by atoms with Gasteiger partial charge in [0.2, 0.25) is 0 Å². The highest BCUT2D eigenvalue weighted by Gasteiger charge is 2.09. The average Bonchev–Trinajstić information content (AvgIpc) is 2.28. The Labute approximate surface area is 98.4 Å². The Morgan fingerprint density at radius 3 is 2.53 bits per heavy atom. The third kappa shape index (κ3) is 3.10. The molecule has 0 aliphatic rings. The molecule has 1 aromatic carbocycles. The monoisotopic (exact) mass is 265 g/mol. The molecule has 0 saturated heterocycles. The van der Waals surface area contributed by atoms with Gasteiger partial charge in [0.05, 0.1) is 6.54 Å². The predicted molar refractivity (Wildman–Crippen MR) is 64.9 cm³/mol. The minimum atomic E-state index is -0.0472. The molecule has 0 spiro atoms. The van der Waals surface area contributed by atoms with Crippen LogP contribution >= 0.6 is 15.9 Å². The third-order valence-corrected chi connectivity index (χ3v) is 2.68. The molecule has 1 amide bonds. The molecule has 0 radical (unpaired) electrons. The lowest BCUT2D eigenvalue weighted by atomic mass is 10.1. The smallest absolute Gasteiger partial charge is 0.254 e. The van der Waals surface area contributed by atoms with Gasteiger partial charge in [-0.1, -0.05) is 34.0 Å². The second kappa shape index (κ2) is 5.57. The van der Waals surface area contributed by atoms with E-state index in [-0.39, 0.29) is 5.91 Å². The molecule has 0 aromatic heterocycles. The Kier molecular flexibility index (Phi) is 4.38. The van der Waals surface area contributed by atoms with E-state index in [0.717, 1.165) is 10.9 Å². The van der Waals surface area contributed by atoms with E-state index >= 15 is 0 Å². The minimum Gasteiger partial charge on any atom is -0.331 e. The van der Waals surface area contributed by atoms with Crippen LogP contribution in [0.3, 0.4) is 0 Å². The van der Waals surface area contributed by atoms with Crippen LogP contribution in [0, 0.1) is 12.3 Å². The lowest BCUT2D eigenvalue weighted by Gasteiger charge is -2.13. The summed E-state index contributed by atoms with van der Waals surface area (Å²) >= 11 is 3.35. The van der Waals surface area contributed by atoms with E-state index in [1.807, 2.05) is 24.3 Å². The zero-order chi connectivity index (χ0) is 11.3. The van der Waals surface area contributed by atoms with Gasteiger partial charge < -0.3 is 4.90 Å². The van der Waals surface area contributed by atoms with Gasteiger partial charge in [0.25, 0.3) is 5.91 Å². The summed E-state index contributed by atoms with van der Waals surface area (Å²) in [4.78, 5) is 13.3. The van der Waals surface area contributed by atoms with Crippen LogP contribution in [0.1, 0.15) is 15.9 Å². The SMILES string of the molecule is C#CCN(C)C(=O)c1ccc(CBr)cc1. The van der Waals surface area contributed by atoms with Crippen molar-refractivity contribution >= 4 is 21.8 Å². The van der Waals surface area contributed by atoms with Crippen LogP contribution in [0.25, 0.3) is 0 Å². The fourth-order valence-corrected chi connectivity index (χ4v) is 1.54. The lowest BCUT2D eigenvalue weighted by Crippen LogP contribution is -2.26. The van der Waals surface area contributed by atoms with Crippen LogP contribution in [0.15, 0.2) is 24.3 Å². The maximum atomic E-state index is 11.8. The summed E-state index contributed by atoms with van der Waals surface area (Å²) < 4.78 is 0. The van der Waals surface area contributed by atoms with Gasteiger partial charge in [-0.2, -0.15) is 0 Å². The molecule has 15 heavy (non-hydrogen) atoms. The van der Waals surface area contributed by atoms with Gasteiger partial charge in [0.1, 0.15) is 0 Å². The van der Waals surface area contributed by atoms with Crippen molar-refractivity contribution in [3.63, 3.8) is 0 Å². The number of nitrogens with zero attached hydrogens (tertiary/aromatic N) is 1. The number of hydrogen-bond donors (Lipinski definition) is 0. The summed E-state index contributed by atoms with van der Waals surface area (Å²) in [5.74, 6) is 2.39. The van der Waals surface area contributed by atoms with E-state index in [1.165, 1.54) is 4.90 Å². The number of carbonyl (C=O) groups excluding carboxylic acids is 1. The highest BCUT2D eigenvalue weighted by atomic mass is 79.9. The first kappa shape index (κ1) is 11.8. The lowest BCUT2D eigenvalue weighted by molar-refractivity contribution is 0.0812. The molecule has 0 unspecified atom stereocenters. The van der Waals surface area contributed by atoms with Crippen LogP contribution in [0.5, 0.6) is 0 Å². The van der Waals surface area contributed by atoms with Crippen LogP contribution < -0.4 is 0 Å². The summed E-state index contributed by atoms with van der Waals surface area (Å²) in [6, 6.07) is 7.47. The summed E-state index contributed by atoms with van der Waals surface area (Å²) in [6.07, 6.45) is 5.14. The van der Waals surface area contributed by atoms with E-state index in [9.17, 15) is 4.79 Å². The summed E-state index contributed by atoms with van der Waals surface area (Å²) in [5.41, 5.74) is 1.81. The van der Waals surface area contributed by atoms with Crippen molar-refractivity contribution in [2.45, 2.75) is 5.33 Å². The summed E-state index contributed by atoms with van der Waals surface area (Å²) in [6.45, 7) is 0.332. The van der Waals surface area contributed by atoms with Gasteiger partial charge in [0, 0.05) is 17.9 Å². The number of carbonyl (C=O) groups is 1. The van der Waals surface area contributed by atoms with Crippen LogP contribution in [-0.2, 0) is 5.33 Å². The molecule has 1 aromatic rings. The van der Waals surface area contributed by atoms with Crippen LogP contribution in [0.2, 0.25) is 0 Å². The molecule has 78 valence electrons. The van der Waals surface area contributed by atoms with Crippen LogP contribution in [-0.4, -0.2) is 24.4 Å². The van der Waals surface area contributed by atoms with E-state index in [4.69, 9.17) is 6.42 Å². The Morgan fingerprint density at radius 1 is 1.47 bits per heavy atom. The zero-order valence-corrected chi connectivity index (χ0v) is 10.1. The standard InChI is InChI=1S/C12H12BrNO/c1-3-8-14(2)12(15)11-6-4-10(9-13)5-7-11/h1,4-7H,8-9H2,2H3. The Hall–Kier alpha value is -1.27. The fourth-order valence-electron chi connectivity index (χ4n) is 1.17. The highest BCUT2D eigenvalue weighted by molar-refractivity contribution is 9.08. The average molecular weight is 266 g/mol. The first-order valence-corrected chi connectivity index (χ1v) is 5.65. The summed E-state index contributed by atoms with van der Waals surface area (Å²) in [7, 11) is 1.70. The molecule has 0 bridgehead atoms. The van der Waals surface area contributed by atoms with Crippen molar-refractivity contribution < 1.29 is 4.79 Å². The molecule has 0 heterocycles. The van der Waals surface area contributed by atoms with Gasteiger partial charge in [-0.05, 0) is 17.7 Å². The van der Waals surface area contributed by atoms with E-state index < -0.39 is 0 Å². The van der Waals surface area contributed by atoms with Crippen molar-refractivity contribution in [3.05, 3.63) is 35.4 Å². The van der Waals surface area contributed by atoms with Crippen molar-refractivity contribution in [2.24, 2.45) is 0 Å². The number of halogens is 1. The minimum absolute atomic E-state index is 0.0472. The molecule has 0 N–H and O–H groups in total. The first-order valence-electron chi connectivity index (χ1n) is 4.53. The molecule has 0 aliphatic carbocycles.